The average Bonchev–Trinajstić information content (AvgIpc) is 3.02. The van der Waals surface area contributed by atoms with E-state index in [2.05, 4.69) is 9.98 Å². The van der Waals surface area contributed by atoms with Crippen LogP contribution in [0.5, 0.6) is 5.75 Å². The quantitative estimate of drug-likeness (QED) is 0.623. The van der Waals surface area contributed by atoms with Crippen LogP contribution in [-0.4, -0.2) is 68.2 Å². The highest BCUT2D eigenvalue weighted by atomic mass is 19.3. The van der Waals surface area contributed by atoms with Crippen LogP contribution in [0.2, 0.25) is 0 Å². The summed E-state index contributed by atoms with van der Waals surface area (Å²) in [7, 11) is 1.60. The molecule has 2 heterocycles. The first-order valence-corrected chi connectivity index (χ1v) is 8.50. The van der Waals surface area contributed by atoms with Gasteiger partial charge in [0.05, 0.1) is 18.9 Å². The van der Waals surface area contributed by atoms with Gasteiger partial charge in [-0.25, -0.2) is 13.8 Å². The predicted octanol–water partition coefficient (Wildman–Crippen LogP) is 2.62. The van der Waals surface area contributed by atoms with E-state index in [1.165, 1.54) is 6.34 Å². The van der Waals surface area contributed by atoms with E-state index in [9.17, 15) is 8.78 Å². The van der Waals surface area contributed by atoms with Crippen molar-refractivity contribution in [1.29, 1.82) is 5.41 Å². The van der Waals surface area contributed by atoms with Gasteiger partial charge in [0, 0.05) is 32.1 Å². The molecule has 1 fully saturated rings. The van der Waals surface area contributed by atoms with E-state index in [1.807, 2.05) is 18.2 Å². The summed E-state index contributed by atoms with van der Waals surface area (Å²) in [6.07, 6.45) is 1.56. The second-order valence-electron chi connectivity index (χ2n) is 6.34. The van der Waals surface area contributed by atoms with Crippen molar-refractivity contribution in [2.24, 2.45) is 9.98 Å². The van der Waals surface area contributed by atoms with Gasteiger partial charge in [0.1, 0.15) is 30.6 Å². The van der Waals surface area contributed by atoms with Gasteiger partial charge in [-0.15, -0.1) is 0 Å². The second kappa shape index (κ2) is 7.90. The van der Waals surface area contributed by atoms with Crippen LogP contribution >= 0.6 is 0 Å². The zero-order valence-electron chi connectivity index (χ0n) is 14.6. The van der Waals surface area contributed by atoms with Crippen LogP contribution in [0.1, 0.15) is 18.4 Å². The molecule has 1 atom stereocenters. The molecule has 1 aromatic carbocycles. The standard InChI is InChI=1S/C18H22F2N4O2/c1-25-7-8-26-14-4-2-3-13(9-14)17(21)15-10-16(23-12-22-15)24-6-5-18(19,20)11-24/h2-4,9,12,15,21H,5-8,10-11H2,1H3. The molecule has 0 aliphatic carbocycles. The van der Waals surface area contributed by atoms with Crippen molar-refractivity contribution >= 4 is 17.9 Å². The zero-order valence-corrected chi connectivity index (χ0v) is 14.6. The molecule has 1 unspecified atom stereocenters. The molecular weight excluding hydrogens is 342 g/mol. The third-order valence-electron chi connectivity index (χ3n) is 4.40. The van der Waals surface area contributed by atoms with Crippen LogP contribution in [0.15, 0.2) is 34.3 Å². The van der Waals surface area contributed by atoms with Gasteiger partial charge >= 0.3 is 0 Å². The lowest BCUT2D eigenvalue weighted by Crippen LogP contribution is -2.37. The van der Waals surface area contributed by atoms with E-state index >= 15 is 0 Å². The lowest BCUT2D eigenvalue weighted by molar-refractivity contribution is 0.0174. The van der Waals surface area contributed by atoms with E-state index in [-0.39, 0.29) is 19.5 Å². The van der Waals surface area contributed by atoms with Crippen molar-refractivity contribution in [1.82, 2.24) is 4.90 Å². The molecule has 0 spiro atoms. The molecule has 1 saturated heterocycles. The first kappa shape index (κ1) is 18.4. The van der Waals surface area contributed by atoms with Crippen molar-refractivity contribution in [2.75, 3.05) is 33.4 Å². The molecule has 8 heteroatoms. The Morgan fingerprint density at radius 3 is 2.96 bits per heavy atom. The zero-order chi connectivity index (χ0) is 18.6. The summed E-state index contributed by atoms with van der Waals surface area (Å²) in [5, 5.41) is 8.46. The maximum atomic E-state index is 13.4. The first-order chi connectivity index (χ1) is 12.5. The van der Waals surface area contributed by atoms with Gasteiger partial charge in [-0.05, 0) is 12.1 Å². The number of hydrogen-bond donors (Lipinski definition) is 1. The fourth-order valence-corrected chi connectivity index (χ4v) is 2.99. The SMILES string of the molecule is COCCOc1cccc(C(=N)C2CC(N3CCC(F)(F)C3)=NC=N2)c1. The molecular formula is C18H22F2N4O2. The van der Waals surface area contributed by atoms with Gasteiger partial charge in [0.15, 0.2) is 0 Å². The molecule has 0 bridgehead atoms. The fourth-order valence-electron chi connectivity index (χ4n) is 2.99. The number of likely N-dealkylation sites (tertiary alicyclic amines) is 1. The summed E-state index contributed by atoms with van der Waals surface area (Å²) in [6, 6.07) is 6.79. The Bertz CT molecular complexity index is 721. The van der Waals surface area contributed by atoms with Crippen LogP contribution in [0, 0.1) is 5.41 Å². The first-order valence-electron chi connectivity index (χ1n) is 8.50. The molecule has 2 aliphatic heterocycles. The summed E-state index contributed by atoms with van der Waals surface area (Å²) in [5.74, 6) is -1.45. The Labute approximate surface area is 151 Å². The van der Waals surface area contributed by atoms with Crippen molar-refractivity contribution in [3.63, 3.8) is 0 Å². The third-order valence-corrected chi connectivity index (χ3v) is 4.40. The lowest BCUT2D eigenvalue weighted by Gasteiger charge is -2.25. The van der Waals surface area contributed by atoms with Crippen molar-refractivity contribution in [3.8, 4) is 5.75 Å². The van der Waals surface area contributed by atoms with Crippen LogP contribution in [0.3, 0.4) is 0 Å². The van der Waals surface area contributed by atoms with Gasteiger partial charge in [0.25, 0.3) is 5.92 Å². The summed E-state index contributed by atoms with van der Waals surface area (Å²) in [6.45, 7) is 0.870. The Morgan fingerprint density at radius 2 is 2.23 bits per heavy atom. The summed E-state index contributed by atoms with van der Waals surface area (Å²) >= 11 is 0. The fraction of sp³-hybridized carbons (Fsp3) is 0.500. The number of rotatable bonds is 6. The molecule has 6 nitrogen and oxygen atoms in total. The lowest BCUT2D eigenvalue weighted by atomic mass is 9.99. The Hall–Kier alpha value is -2.35. The Kier molecular flexibility index (Phi) is 5.61. The van der Waals surface area contributed by atoms with E-state index in [1.54, 1.807) is 18.1 Å². The number of ether oxygens (including phenoxy) is 2. The van der Waals surface area contributed by atoms with Crippen LogP contribution in [0.4, 0.5) is 8.78 Å². The maximum Gasteiger partial charge on any atom is 0.266 e. The molecule has 1 N–H and O–H groups in total. The average molecular weight is 364 g/mol. The molecule has 26 heavy (non-hydrogen) atoms. The third kappa shape index (κ3) is 4.43. The Balaban J connectivity index is 1.65. The maximum absolute atomic E-state index is 13.4. The molecule has 0 radical (unpaired) electrons. The number of amidine groups is 1. The molecule has 1 aromatic rings. The van der Waals surface area contributed by atoms with E-state index < -0.39 is 12.0 Å². The van der Waals surface area contributed by atoms with Gasteiger partial charge < -0.3 is 19.8 Å². The number of hydrogen-bond acceptors (Lipinski definition) is 6. The normalized spacial score (nSPS) is 21.6. The topological polar surface area (TPSA) is 70.3 Å². The largest absolute Gasteiger partial charge is 0.491 e. The minimum absolute atomic E-state index is 0.161. The van der Waals surface area contributed by atoms with Gasteiger partial charge in [-0.3, -0.25) is 4.99 Å². The number of aliphatic imine (C=N–C) groups is 2. The van der Waals surface area contributed by atoms with Crippen molar-refractivity contribution in [2.45, 2.75) is 24.8 Å². The van der Waals surface area contributed by atoms with Crippen molar-refractivity contribution < 1.29 is 18.3 Å². The number of benzene rings is 1. The number of alkyl halides is 2. The molecule has 2 aliphatic rings. The van der Waals surface area contributed by atoms with E-state index in [4.69, 9.17) is 14.9 Å². The summed E-state index contributed by atoms with van der Waals surface area (Å²) in [4.78, 5) is 10.0. The predicted molar refractivity (Wildman–Crippen MR) is 96.1 cm³/mol. The molecule has 3 rings (SSSR count). The Morgan fingerprint density at radius 1 is 1.38 bits per heavy atom. The van der Waals surface area contributed by atoms with Crippen LogP contribution in [0.25, 0.3) is 0 Å². The second-order valence-corrected chi connectivity index (χ2v) is 6.34. The minimum Gasteiger partial charge on any atom is -0.491 e. The minimum atomic E-state index is -2.67. The number of halogens is 2. The molecule has 0 amide bonds. The number of nitrogens with one attached hydrogen (secondary N) is 1. The van der Waals surface area contributed by atoms with E-state index in [0.29, 0.717) is 42.5 Å². The highest BCUT2D eigenvalue weighted by molar-refractivity contribution is 6.07. The molecule has 140 valence electrons. The van der Waals surface area contributed by atoms with Gasteiger partial charge in [-0.2, -0.15) is 0 Å². The van der Waals surface area contributed by atoms with Crippen molar-refractivity contribution in [3.05, 3.63) is 29.8 Å². The highest BCUT2D eigenvalue weighted by Crippen LogP contribution is 2.28. The van der Waals surface area contributed by atoms with E-state index in [0.717, 1.165) is 0 Å². The smallest absolute Gasteiger partial charge is 0.266 e. The summed E-state index contributed by atoms with van der Waals surface area (Å²) < 4.78 is 37.4. The van der Waals surface area contributed by atoms with Gasteiger partial charge in [0.2, 0.25) is 0 Å². The number of nitrogens with zero attached hydrogens (tertiary/aromatic N) is 3. The highest BCUT2D eigenvalue weighted by Gasteiger charge is 2.40. The molecule has 0 aromatic heterocycles. The molecule has 0 saturated carbocycles. The monoisotopic (exact) mass is 364 g/mol. The number of methoxy groups -OCH3 is 1. The van der Waals surface area contributed by atoms with Crippen LogP contribution < -0.4 is 4.74 Å². The van der Waals surface area contributed by atoms with Gasteiger partial charge in [-0.1, -0.05) is 12.1 Å². The van der Waals surface area contributed by atoms with Crippen LogP contribution in [-0.2, 0) is 4.74 Å². The summed E-state index contributed by atoms with van der Waals surface area (Å²) in [5.41, 5.74) is 1.01.